The molecule has 4 saturated carbocycles. The van der Waals surface area contributed by atoms with Crippen LogP contribution in [-0.4, -0.2) is 61.3 Å². The van der Waals surface area contributed by atoms with Crippen molar-refractivity contribution in [1.29, 1.82) is 0 Å². The normalized spacial score (nSPS) is 55.4. The number of nitrogens with zero attached hydrogens (tertiary/aromatic N) is 2. The summed E-state index contributed by atoms with van der Waals surface area (Å²) >= 11 is 0. The first-order valence-corrected chi connectivity index (χ1v) is 13.0. The third-order valence-electron chi connectivity index (χ3n) is 12.5. The van der Waals surface area contributed by atoms with Crippen LogP contribution in [0.1, 0.15) is 73.1 Å². The summed E-state index contributed by atoms with van der Waals surface area (Å²) in [5.74, 6) is 1.70. The Hall–Kier alpha value is -0.380. The molecule has 0 amide bonds. The average molecular weight is 429 g/mol. The van der Waals surface area contributed by atoms with Gasteiger partial charge in [-0.15, -0.1) is 0 Å². The minimum absolute atomic E-state index is 0.177. The van der Waals surface area contributed by atoms with E-state index in [9.17, 15) is 5.11 Å². The van der Waals surface area contributed by atoms with E-state index >= 15 is 0 Å². The van der Waals surface area contributed by atoms with Gasteiger partial charge in [0.25, 0.3) is 0 Å². The highest BCUT2D eigenvalue weighted by molar-refractivity contribution is 5.37. The first kappa shape index (κ1) is 22.4. The maximum Gasteiger partial charge on any atom is 0.0594 e. The number of aliphatic hydroxyl groups excluding tert-OH is 1. The number of fused-ring (bicyclic) bond motifs is 2. The molecule has 0 aromatic carbocycles. The predicted octanol–water partition coefficient (Wildman–Crippen LogP) is 5.05. The molecule has 5 aliphatic carbocycles. The second kappa shape index (κ2) is 6.39. The number of hydrogen-bond donors (Lipinski definition) is 1. The highest BCUT2D eigenvalue weighted by Gasteiger charge is 2.82. The zero-order valence-corrected chi connectivity index (χ0v) is 21.7. The van der Waals surface area contributed by atoms with Crippen LogP contribution in [0.5, 0.6) is 0 Å². The van der Waals surface area contributed by atoms with E-state index in [1.54, 1.807) is 0 Å². The molecule has 5 rings (SSSR count). The molecule has 176 valence electrons. The molecule has 4 fully saturated rings. The van der Waals surface area contributed by atoms with Crippen LogP contribution in [0.3, 0.4) is 0 Å². The molecule has 10 atom stereocenters. The summed E-state index contributed by atoms with van der Waals surface area (Å²) < 4.78 is 0. The van der Waals surface area contributed by atoms with Crippen LogP contribution >= 0.6 is 0 Å². The number of allylic oxidation sites excluding steroid dienone is 2. The Morgan fingerprint density at radius 2 is 1.48 bits per heavy atom. The molecule has 2 spiro atoms. The number of hydrogen-bond acceptors (Lipinski definition) is 3. The summed E-state index contributed by atoms with van der Waals surface area (Å²) in [4.78, 5) is 4.83. The summed E-state index contributed by atoms with van der Waals surface area (Å²) in [6.45, 7) is 12.5. The van der Waals surface area contributed by atoms with Gasteiger partial charge >= 0.3 is 0 Å². The second-order valence-corrected chi connectivity index (χ2v) is 14.0. The van der Waals surface area contributed by atoms with Gasteiger partial charge in [-0.05, 0) is 113 Å². The van der Waals surface area contributed by atoms with Crippen LogP contribution in [0.4, 0.5) is 0 Å². The molecule has 3 heteroatoms. The smallest absolute Gasteiger partial charge is 0.0594 e. The van der Waals surface area contributed by atoms with Gasteiger partial charge in [0, 0.05) is 18.0 Å². The molecule has 0 aromatic heterocycles. The summed E-state index contributed by atoms with van der Waals surface area (Å²) in [5, 5.41) is 11.4. The Morgan fingerprint density at radius 3 is 2.10 bits per heavy atom. The number of rotatable bonds is 3. The maximum absolute atomic E-state index is 11.4. The molecule has 3 nitrogen and oxygen atoms in total. The summed E-state index contributed by atoms with van der Waals surface area (Å²) in [7, 11) is 8.93. The molecule has 5 aliphatic rings. The molecular weight excluding hydrogens is 380 g/mol. The first-order valence-electron chi connectivity index (χ1n) is 13.0. The van der Waals surface area contributed by atoms with Crippen molar-refractivity contribution >= 4 is 0 Å². The minimum atomic E-state index is -0.177. The Morgan fingerprint density at radius 1 is 0.871 bits per heavy atom. The average Bonchev–Trinajstić information content (AvgIpc) is 3.26. The van der Waals surface area contributed by atoms with Gasteiger partial charge < -0.3 is 14.9 Å². The van der Waals surface area contributed by atoms with E-state index in [1.807, 2.05) is 0 Å². The lowest BCUT2D eigenvalue weighted by Crippen LogP contribution is -2.58. The summed E-state index contributed by atoms with van der Waals surface area (Å²) in [6.07, 6.45) is 13.0. The van der Waals surface area contributed by atoms with Gasteiger partial charge in [0.05, 0.1) is 6.10 Å². The van der Waals surface area contributed by atoms with Gasteiger partial charge in [-0.25, -0.2) is 0 Å². The van der Waals surface area contributed by atoms with E-state index < -0.39 is 0 Å². The molecule has 1 N–H and O–H groups in total. The zero-order valence-electron chi connectivity index (χ0n) is 21.7. The Balaban J connectivity index is 1.55. The van der Waals surface area contributed by atoms with Crippen molar-refractivity contribution in [3.63, 3.8) is 0 Å². The van der Waals surface area contributed by atoms with Gasteiger partial charge in [0.1, 0.15) is 0 Å². The molecule has 31 heavy (non-hydrogen) atoms. The molecule has 0 aromatic rings. The van der Waals surface area contributed by atoms with Gasteiger partial charge in [-0.1, -0.05) is 39.8 Å². The Bertz CT molecular complexity index is 788. The third kappa shape index (κ3) is 2.42. The van der Waals surface area contributed by atoms with Gasteiger partial charge in [0.15, 0.2) is 0 Å². The fourth-order valence-corrected chi connectivity index (χ4v) is 10.8. The molecule has 0 aliphatic heterocycles. The summed E-state index contributed by atoms with van der Waals surface area (Å²) in [6, 6.07) is 1.09. The molecule has 0 unspecified atom stereocenters. The molecule has 0 radical (unpaired) electrons. The number of aliphatic hydroxyl groups is 1. The Kier molecular flexibility index (Phi) is 4.62. The van der Waals surface area contributed by atoms with Crippen molar-refractivity contribution in [2.75, 3.05) is 28.2 Å². The highest BCUT2D eigenvalue weighted by atomic mass is 16.3. The fraction of sp³-hybridized carbons (Fsp3) is 0.929. The van der Waals surface area contributed by atoms with Crippen LogP contribution in [0.15, 0.2) is 12.2 Å². The van der Waals surface area contributed by atoms with Crippen LogP contribution in [0, 0.1) is 44.8 Å². The second-order valence-electron chi connectivity index (χ2n) is 14.0. The van der Waals surface area contributed by atoms with Crippen molar-refractivity contribution in [2.45, 2.75) is 91.3 Å². The third-order valence-corrected chi connectivity index (χ3v) is 12.5. The molecule has 0 saturated heterocycles. The highest BCUT2D eigenvalue weighted by Crippen LogP contribution is 2.87. The van der Waals surface area contributed by atoms with Gasteiger partial charge in [-0.3, -0.25) is 0 Å². The van der Waals surface area contributed by atoms with Crippen molar-refractivity contribution in [2.24, 2.45) is 44.8 Å². The minimum Gasteiger partial charge on any atom is -0.393 e. The van der Waals surface area contributed by atoms with Crippen molar-refractivity contribution in [3.8, 4) is 0 Å². The topological polar surface area (TPSA) is 26.7 Å². The van der Waals surface area contributed by atoms with Crippen molar-refractivity contribution < 1.29 is 5.11 Å². The van der Waals surface area contributed by atoms with Crippen LogP contribution in [0.2, 0.25) is 0 Å². The Labute approximate surface area is 191 Å². The molecular formula is C28H48N2O. The SMILES string of the molecule is C[C@H]([C@H]1[C@H](O)C[C@@]2(C)[C@@H]3C=C[C@H]4C(C)(C)[C@H](N(C)C)CC[C@@]45C[C@@]35CC[C@]12C)N(C)C. The van der Waals surface area contributed by atoms with Gasteiger partial charge in [-0.2, -0.15) is 0 Å². The van der Waals surface area contributed by atoms with E-state index in [2.05, 4.69) is 84.8 Å². The lowest BCUT2D eigenvalue weighted by atomic mass is 9.43. The maximum atomic E-state index is 11.4. The lowest BCUT2D eigenvalue weighted by molar-refractivity contribution is -0.109. The van der Waals surface area contributed by atoms with E-state index in [0.717, 1.165) is 6.42 Å². The first-order chi connectivity index (χ1) is 14.3. The monoisotopic (exact) mass is 428 g/mol. The lowest BCUT2D eigenvalue weighted by Gasteiger charge is -2.62. The van der Waals surface area contributed by atoms with Crippen LogP contribution < -0.4 is 0 Å². The molecule has 0 bridgehead atoms. The fourth-order valence-electron chi connectivity index (χ4n) is 10.8. The zero-order chi connectivity index (χ0) is 22.8. The quantitative estimate of drug-likeness (QED) is 0.637. The predicted molar refractivity (Wildman–Crippen MR) is 129 cm³/mol. The standard InChI is InChI=1S/C28H48N2O/c1-18(29(6)7)23-19(31)16-26(5)21-11-10-20-24(2,3)22(30(8)9)12-13-27(20)17-28(21,27)15-14-25(23,26)4/h10-11,18-23,31H,12-17H2,1-9H3/t18-,19-,20+,21+,22-,23+,25-,26+,27-,28+/m1/s1. The van der Waals surface area contributed by atoms with Crippen LogP contribution in [0.25, 0.3) is 0 Å². The molecule has 0 heterocycles. The van der Waals surface area contributed by atoms with Crippen molar-refractivity contribution in [1.82, 2.24) is 9.80 Å². The van der Waals surface area contributed by atoms with E-state index in [0.29, 0.717) is 46.1 Å². The van der Waals surface area contributed by atoms with E-state index in [-0.39, 0.29) is 16.9 Å². The van der Waals surface area contributed by atoms with Crippen molar-refractivity contribution in [3.05, 3.63) is 12.2 Å². The van der Waals surface area contributed by atoms with E-state index in [4.69, 9.17) is 0 Å². The summed E-state index contributed by atoms with van der Waals surface area (Å²) in [5.41, 5.74) is 1.75. The van der Waals surface area contributed by atoms with Gasteiger partial charge in [0.2, 0.25) is 0 Å². The van der Waals surface area contributed by atoms with Crippen LogP contribution in [-0.2, 0) is 0 Å². The van der Waals surface area contributed by atoms with E-state index in [1.165, 1.54) is 32.1 Å². The largest absolute Gasteiger partial charge is 0.393 e.